The maximum absolute atomic E-state index is 11.4. The number of amides is 2. The van der Waals surface area contributed by atoms with E-state index in [1.54, 1.807) is 19.1 Å². The Morgan fingerprint density at radius 1 is 1.26 bits per heavy atom. The van der Waals surface area contributed by atoms with Crippen molar-refractivity contribution < 1.29 is 19.1 Å². The van der Waals surface area contributed by atoms with E-state index in [9.17, 15) is 14.4 Å². The Morgan fingerprint density at radius 3 is 2.74 bits per heavy atom. The minimum atomic E-state index is -0.422. The van der Waals surface area contributed by atoms with Crippen molar-refractivity contribution in [2.24, 2.45) is 0 Å². The molecular weight excluding hydrogens is 246 g/mol. The first kappa shape index (κ1) is 12.8. The summed E-state index contributed by atoms with van der Waals surface area (Å²) in [7, 11) is 0. The molecule has 0 saturated carbocycles. The summed E-state index contributed by atoms with van der Waals surface area (Å²) in [5.41, 5.74) is 1.24. The average molecular weight is 257 g/mol. The van der Waals surface area contributed by atoms with E-state index in [2.05, 4.69) is 17.2 Å². The van der Waals surface area contributed by atoms with Gasteiger partial charge in [-0.2, -0.15) is 0 Å². The average Bonchev–Trinajstić information content (AvgIpc) is 2.65. The van der Waals surface area contributed by atoms with Crippen LogP contribution in [0.5, 0.6) is 0 Å². The van der Waals surface area contributed by atoms with Crippen LogP contribution < -0.4 is 5.32 Å². The van der Waals surface area contributed by atoms with Crippen LogP contribution in [-0.2, 0) is 9.53 Å². The van der Waals surface area contributed by atoms with Crippen molar-refractivity contribution in [3.63, 3.8) is 0 Å². The fourth-order valence-electron chi connectivity index (χ4n) is 1.68. The minimum Gasteiger partial charge on any atom is -0.465 e. The zero-order valence-corrected chi connectivity index (χ0v) is 10.3. The van der Waals surface area contributed by atoms with E-state index in [1.165, 1.54) is 6.07 Å². The van der Waals surface area contributed by atoms with Crippen LogP contribution in [0, 0.1) is 11.8 Å². The van der Waals surface area contributed by atoms with Crippen LogP contribution in [0.2, 0.25) is 0 Å². The van der Waals surface area contributed by atoms with Gasteiger partial charge < -0.3 is 4.74 Å². The maximum atomic E-state index is 11.4. The molecule has 2 rings (SSSR count). The normalized spacial score (nSPS) is 12.3. The van der Waals surface area contributed by atoms with Gasteiger partial charge in [0.15, 0.2) is 0 Å². The van der Waals surface area contributed by atoms with E-state index in [0.717, 1.165) is 0 Å². The molecule has 5 heteroatoms. The molecule has 1 aliphatic heterocycles. The Labute approximate surface area is 109 Å². The summed E-state index contributed by atoms with van der Waals surface area (Å²) in [6, 6.07) is 4.72. The first-order valence-corrected chi connectivity index (χ1v) is 5.76. The van der Waals surface area contributed by atoms with Crippen LogP contribution >= 0.6 is 0 Å². The molecule has 0 spiro atoms. The van der Waals surface area contributed by atoms with Gasteiger partial charge in [0.25, 0.3) is 11.8 Å². The third kappa shape index (κ3) is 2.80. The van der Waals surface area contributed by atoms with E-state index < -0.39 is 11.8 Å². The zero-order chi connectivity index (χ0) is 13.8. The Bertz CT molecular complexity index is 622. The molecule has 1 aromatic rings. The molecule has 0 aliphatic carbocycles. The molecule has 0 saturated heterocycles. The first-order valence-electron chi connectivity index (χ1n) is 5.76. The number of hydrogen-bond acceptors (Lipinski definition) is 4. The van der Waals surface area contributed by atoms with Gasteiger partial charge in [0.1, 0.15) is 6.42 Å². The molecule has 1 aromatic carbocycles. The quantitative estimate of drug-likeness (QED) is 0.485. The van der Waals surface area contributed by atoms with E-state index in [-0.39, 0.29) is 12.4 Å². The van der Waals surface area contributed by atoms with Gasteiger partial charge in [-0.05, 0) is 25.1 Å². The zero-order valence-electron chi connectivity index (χ0n) is 10.3. The number of nitrogens with one attached hydrogen (secondary N) is 1. The van der Waals surface area contributed by atoms with Gasteiger partial charge >= 0.3 is 5.97 Å². The van der Waals surface area contributed by atoms with Crippen LogP contribution in [0.4, 0.5) is 0 Å². The van der Waals surface area contributed by atoms with Crippen molar-refractivity contribution in [1.29, 1.82) is 0 Å². The van der Waals surface area contributed by atoms with Gasteiger partial charge in [0, 0.05) is 5.56 Å². The minimum absolute atomic E-state index is 0.00392. The summed E-state index contributed by atoms with van der Waals surface area (Å²) in [5.74, 6) is 4.21. The van der Waals surface area contributed by atoms with Crippen molar-refractivity contribution in [2.75, 3.05) is 6.61 Å². The summed E-state index contributed by atoms with van der Waals surface area (Å²) in [6.07, 6.45) is -0.00392. The van der Waals surface area contributed by atoms with E-state index in [0.29, 0.717) is 23.3 Å². The maximum Gasteiger partial charge on any atom is 0.317 e. The highest BCUT2D eigenvalue weighted by molar-refractivity contribution is 6.21. The van der Waals surface area contributed by atoms with Crippen LogP contribution in [0.1, 0.15) is 39.6 Å². The summed E-state index contributed by atoms with van der Waals surface area (Å²) in [5, 5.41) is 2.20. The van der Waals surface area contributed by atoms with E-state index >= 15 is 0 Å². The molecule has 0 atom stereocenters. The molecule has 96 valence electrons. The predicted octanol–water partition coefficient (Wildman–Crippen LogP) is 0.875. The molecule has 0 radical (unpaired) electrons. The molecule has 0 aromatic heterocycles. The number of esters is 1. The highest BCUT2D eigenvalue weighted by atomic mass is 16.5. The summed E-state index contributed by atoms with van der Waals surface area (Å²) in [4.78, 5) is 33.9. The van der Waals surface area contributed by atoms with Crippen molar-refractivity contribution in [3.05, 3.63) is 34.9 Å². The molecule has 5 nitrogen and oxygen atoms in total. The van der Waals surface area contributed by atoms with Crippen molar-refractivity contribution in [1.82, 2.24) is 5.32 Å². The van der Waals surface area contributed by atoms with Crippen molar-refractivity contribution in [2.45, 2.75) is 13.3 Å². The standard InChI is InChI=1S/C14H11NO4/c1-2-19-12(16)5-3-4-9-6-7-10-11(8-9)14(18)15-13(10)17/h6-8H,2,5H2,1H3,(H,15,17,18). The third-order valence-electron chi connectivity index (χ3n) is 2.51. The Balaban J connectivity index is 2.14. The fourth-order valence-corrected chi connectivity index (χ4v) is 1.68. The lowest BCUT2D eigenvalue weighted by molar-refractivity contribution is -0.141. The number of ether oxygens (including phenoxy) is 1. The highest BCUT2D eigenvalue weighted by Crippen LogP contribution is 2.16. The lowest BCUT2D eigenvalue weighted by Gasteiger charge is -1.96. The van der Waals surface area contributed by atoms with Crippen LogP contribution in [0.3, 0.4) is 0 Å². The molecule has 1 heterocycles. The van der Waals surface area contributed by atoms with Gasteiger partial charge in [0.2, 0.25) is 0 Å². The topological polar surface area (TPSA) is 72.5 Å². The number of benzene rings is 1. The SMILES string of the molecule is CCOC(=O)CC#Cc1ccc2c(c1)C(=O)NC2=O. The summed E-state index contributed by atoms with van der Waals surface area (Å²) < 4.78 is 4.73. The Kier molecular flexibility index (Phi) is 3.62. The number of carbonyl (C=O) groups is 3. The van der Waals surface area contributed by atoms with Crippen molar-refractivity contribution >= 4 is 17.8 Å². The van der Waals surface area contributed by atoms with Gasteiger partial charge in [-0.3, -0.25) is 19.7 Å². The first-order chi connectivity index (χ1) is 9.11. The molecule has 1 aliphatic rings. The number of fused-ring (bicyclic) bond motifs is 1. The van der Waals surface area contributed by atoms with Gasteiger partial charge in [0.05, 0.1) is 17.7 Å². The number of hydrogen-bond donors (Lipinski definition) is 1. The molecule has 2 amide bonds. The lowest BCUT2D eigenvalue weighted by Crippen LogP contribution is -2.19. The van der Waals surface area contributed by atoms with Crippen molar-refractivity contribution in [3.8, 4) is 11.8 Å². The Morgan fingerprint density at radius 2 is 2.00 bits per heavy atom. The molecule has 0 unspecified atom stereocenters. The largest absolute Gasteiger partial charge is 0.465 e. The summed E-state index contributed by atoms with van der Waals surface area (Å²) in [6.45, 7) is 2.04. The lowest BCUT2D eigenvalue weighted by atomic mass is 10.1. The van der Waals surface area contributed by atoms with Crippen LogP contribution in [0.15, 0.2) is 18.2 Å². The molecule has 1 N–H and O–H groups in total. The second-order valence-electron chi connectivity index (χ2n) is 3.83. The number of imide groups is 1. The number of rotatable bonds is 2. The van der Waals surface area contributed by atoms with E-state index in [1.807, 2.05) is 0 Å². The highest BCUT2D eigenvalue weighted by Gasteiger charge is 2.26. The van der Waals surface area contributed by atoms with Crippen LogP contribution in [-0.4, -0.2) is 24.4 Å². The molecule has 0 bridgehead atoms. The predicted molar refractivity (Wildman–Crippen MR) is 66.4 cm³/mol. The molecule has 19 heavy (non-hydrogen) atoms. The van der Waals surface area contributed by atoms with E-state index in [4.69, 9.17) is 4.74 Å². The summed E-state index contributed by atoms with van der Waals surface area (Å²) >= 11 is 0. The smallest absolute Gasteiger partial charge is 0.317 e. The van der Waals surface area contributed by atoms with Gasteiger partial charge in [-0.25, -0.2) is 0 Å². The monoisotopic (exact) mass is 257 g/mol. The third-order valence-corrected chi connectivity index (χ3v) is 2.51. The fraction of sp³-hybridized carbons (Fsp3) is 0.214. The second-order valence-corrected chi connectivity index (χ2v) is 3.83. The van der Waals surface area contributed by atoms with Gasteiger partial charge in [-0.1, -0.05) is 11.8 Å². The number of carbonyl (C=O) groups excluding carboxylic acids is 3. The molecule has 0 fully saturated rings. The Hall–Kier alpha value is -2.61. The molecular formula is C14H11NO4. The van der Waals surface area contributed by atoms with Crippen LogP contribution in [0.25, 0.3) is 0 Å². The van der Waals surface area contributed by atoms with Gasteiger partial charge in [-0.15, -0.1) is 0 Å². The second kappa shape index (κ2) is 5.36.